The summed E-state index contributed by atoms with van der Waals surface area (Å²) in [6.45, 7) is 0.537. The van der Waals surface area contributed by atoms with Crippen LogP contribution in [-0.4, -0.2) is 38.8 Å². The van der Waals surface area contributed by atoms with Gasteiger partial charge < -0.3 is 20.5 Å². The first-order chi connectivity index (χ1) is 12.2. The fourth-order valence-corrected chi connectivity index (χ4v) is 3.74. The lowest BCUT2D eigenvalue weighted by molar-refractivity contribution is -0.132. The van der Waals surface area contributed by atoms with Crippen LogP contribution in [0.4, 0.5) is 0 Å². The van der Waals surface area contributed by atoms with Crippen LogP contribution in [0, 0.1) is 5.92 Å². The quantitative estimate of drug-likeness (QED) is 0.719. The SMILES string of the molecule is COc1ccccc1CCNC(=O)C(OC)C(N)CC1CCCCC1. The van der Waals surface area contributed by atoms with E-state index in [0.29, 0.717) is 18.9 Å². The van der Waals surface area contributed by atoms with E-state index in [9.17, 15) is 4.79 Å². The fraction of sp³-hybridized carbons (Fsp3) is 0.650. The number of nitrogens with one attached hydrogen (secondary N) is 1. The van der Waals surface area contributed by atoms with Crippen molar-refractivity contribution in [2.24, 2.45) is 11.7 Å². The summed E-state index contributed by atoms with van der Waals surface area (Å²) in [5, 5.41) is 2.95. The molecule has 5 nitrogen and oxygen atoms in total. The van der Waals surface area contributed by atoms with Crippen LogP contribution in [0.1, 0.15) is 44.1 Å². The summed E-state index contributed by atoms with van der Waals surface area (Å²) in [5.74, 6) is 1.34. The van der Waals surface area contributed by atoms with Crippen LogP contribution in [-0.2, 0) is 16.0 Å². The Morgan fingerprint density at radius 2 is 1.96 bits per heavy atom. The summed E-state index contributed by atoms with van der Waals surface area (Å²) < 4.78 is 10.7. The van der Waals surface area contributed by atoms with Crippen molar-refractivity contribution in [1.82, 2.24) is 5.32 Å². The highest BCUT2D eigenvalue weighted by Gasteiger charge is 2.28. The van der Waals surface area contributed by atoms with Gasteiger partial charge in [-0.05, 0) is 30.4 Å². The van der Waals surface area contributed by atoms with Gasteiger partial charge in [0.1, 0.15) is 5.75 Å². The van der Waals surface area contributed by atoms with Crippen LogP contribution in [0.2, 0.25) is 0 Å². The minimum atomic E-state index is -0.584. The molecule has 1 amide bonds. The Bertz CT molecular complexity index is 529. The number of ether oxygens (including phenoxy) is 2. The van der Waals surface area contributed by atoms with Crippen molar-refractivity contribution < 1.29 is 14.3 Å². The Balaban J connectivity index is 1.80. The van der Waals surface area contributed by atoms with Crippen molar-refractivity contribution in [2.45, 2.75) is 57.1 Å². The van der Waals surface area contributed by atoms with Gasteiger partial charge in [0.05, 0.1) is 7.11 Å². The molecule has 5 heteroatoms. The van der Waals surface area contributed by atoms with E-state index in [1.54, 1.807) is 14.2 Å². The van der Waals surface area contributed by atoms with Crippen LogP contribution >= 0.6 is 0 Å². The zero-order valence-corrected chi connectivity index (χ0v) is 15.5. The van der Waals surface area contributed by atoms with Crippen molar-refractivity contribution >= 4 is 5.91 Å². The first-order valence-corrected chi connectivity index (χ1v) is 9.33. The van der Waals surface area contributed by atoms with Gasteiger partial charge in [-0.15, -0.1) is 0 Å². The lowest BCUT2D eigenvalue weighted by Gasteiger charge is -2.28. The first kappa shape index (κ1) is 19.7. The van der Waals surface area contributed by atoms with Gasteiger partial charge in [0.25, 0.3) is 5.91 Å². The second-order valence-corrected chi connectivity index (χ2v) is 6.91. The van der Waals surface area contributed by atoms with E-state index < -0.39 is 6.10 Å². The number of carbonyl (C=O) groups is 1. The molecule has 0 heterocycles. The second kappa shape index (κ2) is 10.4. The van der Waals surface area contributed by atoms with E-state index in [0.717, 1.165) is 17.7 Å². The summed E-state index contributed by atoms with van der Waals surface area (Å²) in [5.41, 5.74) is 7.36. The number of carbonyl (C=O) groups excluding carboxylic acids is 1. The zero-order valence-electron chi connectivity index (χ0n) is 15.5. The average molecular weight is 348 g/mol. The number of methoxy groups -OCH3 is 2. The minimum Gasteiger partial charge on any atom is -0.496 e. The summed E-state index contributed by atoms with van der Waals surface area (Å²) in [6.07, 6.45) is 7.31. The third-order valence-electron chi connectivity index (χ3n) is 5.12. The van der Waals surface area contributed by atoms with Crippen molar-refractivity contribution in [3.8, 4) is 5.75 Å². The van der Waals surface area contributed by atoms with Crippen molar-refractivity contribution in [3.63, 3.8) is 0 Å². The number of para-hydroxylation sites is 1. The molecule has 0 radical (unpaired) electrons. The van der Waals surface area contributed by atoms with E-state index in [1.165, 1.54) is 32.1 Å². The molecule has 0 aromatic heterocycles. The van der Waals surface area contributed by atoms with Gasteiger partial charge in [0.15, 0.2) is 6.10 Å². The fourth-order valence-electron chi connectivity index (χ4n) is 3.74. The van der Waals surface area contributed by atoms with E-state index in [4.69, 9.17) is 15.2 Å². The molecule has 0 bridgehead atoms. The molecule has 1 saturated carbocycles. The monoisotopic (exact) mass is 348 g/mol. The normalized spacial score (nSPS) is 17.7. The topological polar surface area (TPSA) is 73.6 Å². The average Bonchev–Trinajstić information content (AvgIpc) is 2.63. The number of rotatable bonds is 9. The lowest BCUT2D eigenvalue weighted by atomic mass is 9.84. The van der Waals surface area contributed by atoms with Gasteiger partial charge in [-0.3, -0.25) is 4.79 Å². The molecule has 25 heavy (non-hydrogen) atoms. The molecule has 1 aromatic carbocycles. The molecular formula is C20H32N2O3. The highest BCUT2D eigenvalue weighted by atomic mass is 16.5. The molecule has 1 fully saturated rings. The molecule has 2 unspecified atom stereocenters. The smallest absolute Gasteiger partial charge is 0.250 e. The van der Waals surface area contributed by atoms with Gasteiger partial charge >= 0.3 is 0 Å². The molecule has 2 rings (SSSR count). The van der Waals surface area contributed by atoms with Gasteiger partial charge in [0, 0.05) is 19.7 Å². The Kier molecular flexibility index (Phi) is 8.22. The molecule has 1 aliphatic rings. The van der Waals surface area contributed by atoms with Crippen LogP contribution in [0.25, 0.3) is 0 Å². The number of hydrogen-bond donors (Lipinski definition) is 2. The van der Waals surface area contributed by atoms with Crippen LogP contribution < -0.4 is 15.8 Å². The highest BCUT2D eigenvalue weighted by Crippen LogP contribution is 2.27. The van der Waals surface area contributed by atoms with Crippen molar-refractivity contribution in [3.05, 3.63) is 29.8 Å². The third-order valence-corrected chi connectivity index (χ3v) is 5.12. The predicted octanol–water partition coefficient (Wildman–Crippen LogP) is 2.67. The van der Waals surface area contributed by atoms with Crippen LogP contribution in [0.5, 0.6) is 5.75 Å². The molecule has 1 aromatic rings. The number of benzene rings is 1. The Morgan fingerprint density at radius 1 is 1.24 bits per heavy atom. The maximum absolute atomic E-state index is 12.5. The van der Waals surface area contributed by atoms with E-state index in [1.807, 2.05) is 24.3 Å². The Labute approximate surface area is 151 Å². The molecule has 0 saturated heterocycles. The number of amides is 1. The minimum absolute atomic E-state index is 0.124. The van der Waals surface area contributed by atoms with Crippen molar-refractivity contribution in [1.29, 1.82) is 0 Å². The molecule has 140 valence electrons. The van der Waals surface area contributed by atoms with E-state index in [2.05, 4.69) is 5.32 Å². The van der Waals surface area contributed by atoms with Gasteiger partial charge in [-0.2, -0.15) is 0 Å². The first-order valence-electron chi connectivity index (χ1n) is 9.33. The van der Waals surface area contributed by atoms with Gasteiger partial charge in [0.2, 0.25) is 0 Å². The highest BCUT2D eigenvalue weighted by molar-refractivity contribution is 5.81. The van der Waals surface area contributed by atoms with Crippen molar-refractivity contribution in [2.75, 3.05) is 20.8 Å². The molecule has 0 aliphatic heterocycles. The maximum atomic E-state index is 12.5. The van der Waals surface area contributed by atoms with Crippen LogP contribution in [0.15, 0.2) is 24.3 Å². The Morgan fingerprint density at radius 3 is 2.64 bits per heavy atom. The summed E-state index contributed by atoms with van der Waals surface area (Å²) in [7, 11) is 3.22. The third kappa shape index (κ3) is 6.01. The molecular weight excluding hydrogens is 316 g/mol. The maximum Gasteiger partial charge on any atom is 0.250 e. The lowest BCUT2D eigenvalue weighted by Crippen LogP contribution is -2.48. The molecule has 2 atom stereocenters. The van der Waals surface area contributed by atoms with Crippen LogP contribution in [0.3, 0.4) is 0 Å². The van der Waals surface area contributed by atoms with E-state index in [-0.39, 0.29) is 11.9 Å². The summed E-state index contributed by atoms with van der Waals surface area (Å²) in [4.78, 5) is 12.5. The molecule has 1 aliphatic carbocycles. The Hall–Kier alpha value is -1.59. The zero-order chi connectivity index (χ0) is 18.1. The molecule has 0 spiro atoms. The second-order valence-electron chi connectivity index (χ2n) is 6.91. The largest absolute Gasteiger partial charge is 0.496 e. The number of nitrogens with two attached hydrogens (primary N) is 1. The standard InChI is InChI=1S/C20H32N2O3/c1-24-18-11-7-6-10-16(18)12-13-22-20(23)19(25-2)17(21)14-15-8-4-3-5-9-15/h6-7,10-11,15,17,19H,3-5,8-9,12-14,21H2,1-2H3,(H,22,23). The van der Waals surface area contributed by atoms with Gasteiger partial charge in [-0.25, -0.2) is 0 Å². The molecule has 3 N–H and O–H groups in total. The summed E-state index contributed by atoms with van der Waals surface area (Å²) >= 11 is 0. The van der Waals surface area contributed by atoms with Gasteiger partial charge in [-0.1, -0.05) is 50.3 Å². The number of hydrogen-bond acceptors (Lipinski definition) is 4. The predicted molar refractivity (Wildman–Crippen MR) is 99.7 cm³/mol. The summed E-state index contributed by atoms with van der Waals surface area (Å²) in [6, 6.07) is 7.59. The van der Waals surface area contributed by atoms with E-state index >= 15 is 0 Å².